The predicted molar refractivity (Wildman–Crippen MR) is 63.9 cm³/mol. The quantitative estimate of drug-likeness (QED) is 0.753. The van der Waals surface area contributed by atoms with Crippen LogP contribution in [-0.4, -0.2) is 44.3 Å². The Bertz CT molecular complexity index is 164. The molecule has 0 aromatic heterocycles. The van der Waals surface area contributed by atoms with Crippen molar-refractivity contribution in [3.05, 3.63) is 0 Å². The molecule has 1 heterocycles. The molecule has 1 aliphatic rings. The number of nitrogens with zero attached hydrogens (tertiary/aromatic N) is 1. The average Bonchev–Trinajstić information content (AvgIpc) is 2.41. The monoisotopic (exact) mass is 214 g/mol. The molecule has 0 aromatic rings. The fourth-order valence-corrected chi connectivity index (χ4v) is 2.20. The first kappa shape index (κ1) is 12.9. The summed E-state index contributed by atoms with van der Waals surface area (Å²) in [6.07, 6.45) is 5.02. The second kappa shape index (κ2) is 7.20. The molecule has 1 rings (SSSR count). The van der Waals surface area contributed by atoms with Crippen LogP contribution in [0.5, 0.6) is 0 Å². The SMILES string of the molecule is COCCC(N)CN1CCCC(C)CC1. The lowest BCUT2D eigenvalue weighted by Gasteiger charge is -2.23. The molecule has 1 aliphatic heterocycles. The van der Waals surface area contributed by atoms with Crippen LogP contribution in [0.25, 0.3) is 0 Å². The molecule has 90 valence electrons. The molecular formula is C12H26N2O. The van der Waals surface area contributed by atoms with Gasteiger partial charge in [-0.1, -0.05) is 6.92 Å². The summed E-state index contributed by atoms with van der Waals surface area (Å²) < 4.78 is 5.04. The Kier molecular flexibility index (Phi) is 6.22. The normalized spacial score (nSPS) is 26.2. The van der Waals surface area contributed by atoms with Gasteiger partial charge in [-0.05, 0) is 44.7 Å². The van der Waals surface area contributed by atoms with Crippen molar-refractivity contribution in [1.29, 1.82) is 0 Å². The minimum absolute atomic E-state index is 0.276. The number of methoxy groups -OCH3 is 1. The predicted octanol–water partition coefficient (Wildman–Crippen LogP) is 1.47. The van der Waals surface area contributed by atoms with Gasteiger partial charge in [0.15, 0.2) is 0 Å². The maximum atomic E-state index is 6.05. The lowest BCUT2D eigenvalue weighted by molar-refractivity contribution is 0.175. The summed E-state index contributed by atoms with van der Waals surface area (Å²) >= 11 is 0. The number of hydrogen-bond donors (Lipinski definition) is 1. The number of hydrogen-bond acceptors (Lipinski definition) is 3. The van der Waals surface area contributed by atoms with Gasteiger partial charge in [-0.15, -0.1) is 0 Å². The lowest BCUT2D eigenvalue weighted by Crippen LogP contribution is -2.38. The molecule has 2 atom stereocenters. The first-order valence-electron chi connectivity index (χ1n) is 6.19. The van der Waals surface area contributed by atoms with E-state index < -0.39 is 0 Å². The van der Waals surface area contributed by atoms with Crippen LogP contribution in [0.3, 0.4) is 0 Å². The van der Waals surface area contributed by atoms with E-state index in [1.165, 1.54) is 32.4 Å². The van der Waals surface area contributed by atoms with Crippen LogP contribution in [0.2, 0.25) is 0 Å². The van der Waals surface area contributed by atoms with Crippen molar-refractivity contribution in [3.63, 3.8) is 0 Å². The van der Waals surface area contributed by atoms with E-state index in [1.807, 2.05) is 0 Å². The van der Waals surface area contributed by atoms with Gasteiger partial charge in [0, 0.05) is 26.3 Å². The third-order valence-electron chi connectivity index (χ3n) is 3.29. The summed E-state index contributed by atoms with van der Waals surface area (Å²) in [5.74, 6) is 0.894. The molecular weight excluding hydrogens is 188 g/mol. The molecule has 2 unspecified atom stereocenters. The second-order valence-electron chi connectivity index (χ2n) is 4.88. The standard InChI is InChI=1S/C12H26N2O/c1-11-4-3-7-14(8-5-11)10-12(13)6-9-15-2/h11-12H,3-10,13H2,1-2H3. The van der Waals surface area contributed by atoms with Crippen LogP contribution >= 0.6 is 0 Å². The molecule has 0 aliphatic carbocycles. The first-order valence-corrected chi connectivity index (χ1v) is 6.19. The van der Waals surface area contributed by atoms with Gasteiger partial charge in [0.25, 0.3) is 0 Å². The van der Waals surface area contributed by atoms with Crippen molar-refractivity contribution in [3.8, 4) is 0 Å². The average molecular weight is 214 g/mol. The van der Waals surface area contributed by atoms with Gasteiger partial charge in [0.1, 0.15) is 0 Å². The third kappa shape index (κ3) is 5.50. The smallest absolute Gasteiger partial charge is 0.0477 e. The van der Waals surface area contributed by atoms with Crippen LogP contribution < -0.4 is 5.73 Å². The van der Waals surface area contributed by atoms with E-state index in [0.717, 1.165) is 25.5 Å². The Balaban J connectivity index is 2.18. The van der Waals surface area contributed by atoms with E-state index in [0.29, 0.717) is 0 Å². The Labute approximate surface area is 94.0 Å². The summed E-state index contributed by atoms with van der Waals surface area (Å²) in [6.45, 7) is 6.63. The Morgan fingerprint density at radius 3 is 2.93 bits per heavy atom. The van der Waals surface area contributed by atoms with Gasteiger partial charge in [-0.25, -0.2) is 0 Å². The molecule has 1 fully saturated rings. The Morgan fingerprint density at radius 2 is 2.20 bits per heavy atom. The maximum Gasteiger partial charge on any atom is 0.0477 e. The fourth-order valence-electron chi connectivity index (χ4n) is 2.20. The highest BCUT2D eigenvalue weighted by Gasteiger charge is 2.15. The topological polar surface area (TPSA) is 38.5 Å². The third-order valence-corrected chi connectivity index (χ3v) is 3.29. The minimum Gasteiger partial charge on any atom is -0.385 e. The molecule has 15 heavy (non-hydrogen) atoms. The first-order chi connectivity index (χ1) is 7.22. The van der Waals surface area contributed by atoms with E-state index in [4.69, 9.17) is 10.5 Å². The molecule has 2 N–H and O–H groups in total. The minimum atomic E-state index is 0.276. The van der Waals surface area contributed by atoms with E-state index in [1.54, 1.807) is 7.11 Å². The highest BCUT2D eigenvalue weighted by molar-refractivity contribution is 4.72. The van der Waals surface area contributed by atoms with Crippen LogP contribution in [-0.2, 0) is 4.74 Å². The molecule has 3 nitrogen and oxygen atoms in total. The molecule has 0 bridgehead atoms. The van der Waals surface area contributed by atoms with Gasteiger partial charge in [-0.2, -0.15) is 0 Å². The lowest BCUT2D eigenvalue weighted by atomic mass is 10.0. The van der Waals surface area contributed by atoms with Crippen molar-refractivity contribution >= 4 is 0 Å². The highest BCUT2D eigenvalue weighted by atomic mass is 16.5. The zero-order valence-corrected chi connectivity index (χ0v) is 10.2. The summed E-state index contributed by atoms with van der Waals surface area (Å²) in [7, 11) is 1.74. The van der Waals surface area contributed by atoms with E-state index in [2.05, 4.69) is 11.8 Å². The molecule has 0 saturated carbocycles. The van der Waals surface area contributed by atoms with Crippen molar-refractivity contribution in [2.75, 3.05) is 33.4 Å². The van der Waals surface area contributed by atoms with E-state index in [9.17, 15) is 0 Å². The number of ether oxygens (including phenoxy) is 1. The van der Waals surface area contributed by atoms with Crippen molar-refractivity contribution in [2.45, 2.75) is 38.6 Å². The fraction of sp³-hybridized carbons (Fsp3) is 1.00. The highest BCUT2D eigenvalue weighted by Crippen LogP contribution is 2.16. The van der Waals surface area contributed by atoms with Gasteiger partial charge in [-0.3, -0.25) is 0 Å². The van der Waals surface area contributed by atoms with E-state index >= 15 is 0 Å². The molecule has 0 spiro atoms. The second-order valence-corrected chi connectivity index (χ2v) is 4.88. The molecule has 0 aromatic carbocycles. The number of rotatable bonds is 5. The molecule has 0 amide bonds. The summed E-state index contributed by atoms with van der Waals surface area (Å²) in [5.41, 5.74) is 6.05. The maximum absolute atomic E-state index is 6.05. The van der Waals surface area contributed by atoms with Crippen molar-refractivity contribution < 1.29 is 4.74 Å². The van der Waals surface area contributed by atoms with Crippen LogP contribution in [0.15, 0.2) is 0 Å². The largest absolute Gasteiger partial charge is 0.385 e. The Morgan fingerprint density at radius 1 is 1.40 bits per heavy atom. The van der Waals surface area contributed by atoms with Gasteiger partial charge in [0.2, 0.25) is 0 Å². The van der Waals surface area contributed by atoms with Crippen LogP contribution in [0.4, 0.5) is 0 Å². The number of nitrogens with two attached hydrogens (primary N) is 1. The van der Waals surface area contributed by atoms with Crippen molar-refractivity contribution in [1.82, 2.24) is 4.90 Å². The van der Waals surface area contributed by atoms with Crippen molar-refractivity contribution in [2.24, 2.45) is 11.7 Å². The zero-order chi connectivity index (χ0) is 11.1. The Hall–Kier alpha value is -0.120. The van der Waals surface area contributed by atoms with Gasteiger partial charge >= 0.3 is 0 Å². The summed E-state index contributed by atoms with van der Waals surface area (Å²) in [6, 6.07) is 0.276. The summed E-state index contributed by atoms with van der Waals surface area (Å²) in [5, 5.41) is 0. The molecule has 0 radical (unpaired) electrons. The number of likely N-dealkylation sites (tertiary alicyclic amines) is 1. The summed E-state index contributed by atoms with van der Waals surface area (Å²) in [4.78, 5) is 2.52. The zero-order valence-electron chi connectivity index (χ0n) is 10.2. The van der Waals surface area contributed by atoms with Crippen LogP contribution in [0, 0.1) is 5.92 Å². The molecule has 3 heteroatoms. The van der Waals surface area contributed by atoms with E-state index in [-0.39, 0.29) is 6.04 Å². The molecule has 1 saturated heterocycles. The van der Waals surface area contributed by atoms with Crippen LogP contribution in [0.1, 0.15) is 32.6 Å². The van der Waals surface area contributed by atoms with Gasteiger partial charge in [0.05, 0.1) is 0 Å². The van der Waals surface area contributed by atoms with Gasteiger partial charge < -0.3 is 15.4 Å².